The van der Waals surface area contributed by atoms with E-state index in [1.807, 2.05) is 12.1 Å². The summed E-state index contributed by atoms with van der Waals surface area (Å²) in [6.07, 6.45) is 0. The maximum absolute atomic E-state index is 17.8. The second-order valence-electron chi connectivity index (χ2n) is 13.8. The van der Waals surface area contributed by atoms with Crippen molar-refractivity contribution in [3.8, 4) is 0 Å². The van der Waals surface area contributed by atoms with Gasteiger partial charge in [-0.2, -0.15) is 0 Å². The number of halogens is 1. The van der Waals surface area contributed by atoms with Crippen LogP contribution in [0.2, 0.25) is 0 Å². The molecule has 0 atom stereocenters. The van der Waals surface area contributed by atoms with Gasteiger partial charge in [-0.1, -0.05) is 0 Å². The van der Waals surface area contributed by atoms with Crippen molar-refractivity contribution in [1.82, 2.24) is 0 Å². The van der Waals surface area contributed by atoms with Crippen LogP contribution in [0.1, 0.15) is 112 Å². The molecule has 2 rings (SSSR count). The maximum atomic E-state index is 17.8. The predicted octanol–water partition coefficient (Wildman–Crippen LogP) is 8.12. The second-order valence-corrected chi connectivity index (χ2v) is 16.8. The van der Waals surface area contributed by atoms with Gasteiger partial charge < -0.3 is 0 Å². The standard InChI is InChI=1S/C30H48FO2P/c1-14-33-34(31,32,25-17-15-21(27(2,3)4)19-23(25)29(8,9)10)26-18-16-22(28(5,6)7)20-24(26)30(11,12)13/h15-20,32H,14H2,1-13H3. The van der Waals surface area contributed by atoms with Crippen molar-refractivity contribution >= 4 is 18.0 Å². The molecule has 0 fully saturated rings. The molecule has 0 aliphatic carbocycles. The van der Waals surface area contributed by atoms with Crippen LogP contribution in [-0.4, -0.2) is 11.5 Å². The minimum atomic E-state index is -5.49. The Bertz CT molecular complexity index is 962. The Morgan fingerprint density at radius 2 is 0.971 bits per heavy atom. The molecule has 0 unspecified atom stereocenters. The molecule has 0 spiro atoms. The molecule has 0 saturated carbocycles. The summed E-state index contributed by atoms with van der Waals surface area (Å²) < 4.78 is 23.8. The molecule has 0 heterocycles. The van der Waals surface area contributed by atoms with E-state index in [4.69, 9.17) is 4.52 Å². The normalized spacial score (nSPS) is 15.2. The first-order valence-corrected chi connectivity index (χ1v) is 14.5. The van der Waals surface area contributed by atoms with E-state index in [-0.39, 0.29) is 38.9 Å². The molecule has 34 heavy (non-hydrogen) atoms. The van der Waals surface area contributed by atoms with Gasteiger partial charge in [-0.3, -0.25) is 0 Å². The van der Waals surface area contributed by atoms with Crippen molar-refractivity contribution in [1.29, 1.82) is 0 Å². The molecular formula is C30H48FO2P. The molecule has 1 N–H and O–H groups in total. The SMILES string of the molecule is CCOP(O)(F)(c1ccc(C(C)(C)C)cc1C(C)(C)C)c1ccc(C(C)(C)C)cc1C(C)(C)C. The zero-order valence-corrected chi connectivity index (χ0v) is 24.7. The van der Waals surface area contributed by atoms with Crippen LogP contribution in [0.15, 0.2) is 36.4 Å². The molecule has 0 aliphatic heterocycles. The van der Waals surface area contributed by atoms with E-state index in [0.29, 0.717) is 0 Å². The molecule has 2 aromatic carbocycles. The van der Waals surface area contributed by atoms with Gasteiger partial charge in [0.25, 0.3) is 0 Å². The van der Waals surface area contributed by atoms with Crippen molar-refractivity contribution in [2.24, 2.45) is 0 Å². The van der Waals surface area contributed by atoms with Crippen molar-refractivity contribution in [2.45, 2.75) is 112 Å². The topological polar surface area (TPSA) is 29.5 Å². The second kappa shape index (κ2) is 8.68. The minimum absolute atomic E-state index is 0.0695. The zero-order chi connectivity index (χ0) is 26.6. The predicted molar refractivity (Wildman–Crippen MR) is 149 cm³/mol. The third-order valence-electron chi connectivity index (χ3n) is 6.54. The van der Waals surface area contributed by atoms with E-state index in [1.165, 1.54) is 0 Å². The van der Waals surface area contributed by atoms with E-state index >= 15 is 4.20 Å². The fourth-order valence-corrected chi connectivity index (χ4v) is 7.70. The molecule has 2 aromatic rings. The number of benzene rings is 2. The van der Waals surface area contributed by atoms with Crippen LogP contribution in [0.4, 0.5) is 4.20 Å². The molecule has 192 valence electrons. The first-order chi connectivity index (χ1) is 15.0. The number of rotatable bonds is 4. The number of hydrogen-bond acceptors (Lipinski definition) is 2. The first kappa shape index (κ1) is 29.0. The van der Waals surface area contributed by atoms with Crippen molar-refractivity contribution in [3.05, 3.63) is 58.7 Å². The van der Waals surface area contributed by atoms with Gasteiger partial charge in [-0.05, 0) is 0 Å². The summed E-state index contributed by atoms with van der Waals surface area (Å²) in [5.41, 5.74) is 2.81. The quantitative estimate of drug-likeness (QED) is 0.439. The summed E-state index contributed by atoms with van der Waals surface area (Å²) in [4.78, 5) is 12.3. The van der Waals surface area contributed by atoms with E-state index in [0.717, 1.165) is 22.3 Å². The Kier molecular flexibility index (Phi) is 7.39. The average molecular weight is 491 g/mol. The third kappa shape index (κ3) is 5.58. The fraction of sp³-hybridized carbons (Fsp3) is 0.600. The summed E-state index contributed by atoms with van der Waals surface area (Å²) in [5, 5.41) is 0.560. The average Bonchev–Trinajstić information content (AvgIpc) is 2.64. The van der Waals surface area contributed by atoms with Gasteiger partial charge in [0.2, 0.25) is 0 Å². The Labute approximate surface area is 208 Å². The van der Waals surface area contributed by atoms with Gasteiger partial charge in [0.05, 0.1) is 0 Å². The van der Waals surface area contributed by atoms with Crippen molar-refractivity contribution in [2.75, 3.05) is 6.61 Å². The summed E-state index contributed by atoms with van der Waals surface area (Å²) in [5.74, 6) is 0. The Hall–Kier alpha value is -1.28. The van der Waals surface area contributed by atoms with Gasteiger partial charge in [0.15, 0.2) is 0 Å². The Morgan fingerprint density at radius 1 is 0.647 bits per heavy atom. The van der Waals surface area contributed by atoms with E-state index < -0.39 is 7.37 Å². The molecule has 0 amide bonds. The van der Waals surface area contributed by atoms with Crippen LogP contribution in [0, 0.1) is 0 Å². The summed E-state index contributed by atoms with van der Waals surface area (Å²) >= 11 is 0. The molecular weight excluding hydrogens is 442 g/mol. The van der Waals surface area contributed by atoms with Crippen LogP contribution < -0.4 is 10.6 Å². The van der Waals surface area contributed by atoms with E-state index in [9.17, 15) is 4.89 Å². The Morgan fingerprint density at radius 3 is 1.21 bits per heavy atom. The van der Waals surface area contributed by atoms with Gasteiger partial charge in [-0.15, -0.1) is 0 Å². The van der Waals surface area contributed by atoms with E-state index in [1.54, 1.807) is 19.1 Å². The fourth-order valence-electron chi connectivity index (χ4n) is 4.39. The molecule has 4 heteroatoms. The summed E-state index contributed by atoms with van der Waals surface area (Å²) in [6.45, 7) is 27.1. The monoisotopic (exact) mass is 490 g/mol. The molecule has 0 radical (unpaired) electrons. The van der Waals surface area contributed by atoms with Crippen molar-refractivity contribution in [3.63, 3.8) is 0 Å². The molecule has 2 nitrogen and oxygen atoms in total. The first-order valence-electron chi connectivity index (χ1n) is 12.5. The molecule has 0 aliphatic rings. The van der Waals surface area contributed by atoms with Gasteiger partial charge in [0.1, 0.15) is 0 Å². The van der Waals surface area contributed by atoms with Crippen LogP contribution in [0.3, 0.4) is 0 Å². The zero-order valence-electron chi connectivity index (χ0n) is 23.9. The molecule has 0 saturated heterocycles. The van der Waals surface area contributed by atoms with Crippen LogP contribution in [0.25, 0.3) is 0 Å². The van der Waals surface area contributed by atoms with Crippen LogP contribution in [0.5, 0.6) is 0 Å². The van der Waals surface area contributed by atoms with E-state index in [2.05, 4.69) is 95.2 Å². The Balaban J connectivity index is 3.06. The molecule has 0 bridgehead atoms. The summed E-state index contributed by atoms with van der Waals surface area (Å²) in [6, 6.07) is 11.6. The third-order valence-corrected chi connectivity index (χ3v) is 9.72. The molecule has 0 aromatic heterocycles. The van der Waals surface area contributed by atoms with Crippen LogP contribution >= 0.6 is 7.37 Å². The van der Waals surface area contributed by atoms with Gasteiger partial charge in [-0.25, -0.2) is 0 Å². The van der Waals surface area contributed by atoms with Gasteiger partial charge >= 0.3 is 209 Å². The van der Waals surface area contributed by atoms with Crippen molar-refractivity contribution < 1.29 is 13.6 Å². The van der Waals surface area contributed by atoms with Gasteiger partial charge in [0, 0.05) is 0 Å². The van der Waals surface area contributed by atoms with Crippen LogP contribution in [-0.2, 0) is 26.2 Å². The summed E-state index contributed by atoms with van der Waals surface area (Å²) in [7, 11) is -5.49. The number of hydrogen-bond donors (Lipinski definition) is 1.